The van der Waals surface area contributed by atoms with Crippen LogP contribution in [0.15, 0.2) is 0 Å². The minimum absolute atomic E-state index is 0.0512. The van der Waals surface area contributed by atoms with E-state index in [1.54, 1.807) is 0 Å². The second-order valence-electron chi connectivity index (χ2n) is 8.00. The van der Waals surface area contributed by atoms with E-state index in [9.17, 15) is 19.2 Å². The van der Waals surface area contributed by atoms with Crippen LogP contribution in [0.1, 0.15) is 65.2 Å². The molecule has 10 nitrogen and oxygen atoms in total. The Labute approximate surface area is 188 Å². The molecule has 2 heterocycles. The molecule has 0 radical (unpaired) electrons. The summed E-state index contributed by atoms with van der Waals surface area (Å²) in [7, 11) is 0. The highest BCUT2D eigenvalue weighted by Gasteiger charge is 2.24. The van der Waals surface area contributed by atoms with Crippen molar-refractivity contribution in [2.24, 2.45) is 0 Å². The van der Waals surface area contributed by atoms with Crippen LogP contribution in [-0.2, 0) is 47.6 Å². The Kier molecular flexibility index (Phi) is 11.4. The maximum absolute atomic E-state index is 11.9. The lowest BCUT2D eigenvalue weighted by Gasteiger charge is -2.15. The first kappa shape index (κ1) is 26.1. The first-order chi connectivity index (χ1) is 15.3. The Morgan fingerprint density at radius 3 is 1.50 bits per heavy atom. The molecule has 2 fully saturated rings. The van der Waals surface area contributed by atoms with Gasteiger partial charge in [-0.2, -0.15) is 0 Å². The van der Waals surface area contributed by atoms with Crippen molar-refractivity contribution in [1.29, 1.82) is 0 Å². The molecule has 2 aliphatic heterocycles. The summed E-state index contributed by atoms with van der Waals surface area (Å²) in [4.78, 5) is 47.5. The molecule has 0 N–H and O–H groups in total. The van der Waals surface area contributed by atoms with Crippen LogP contribution in [0.4, 0.5) is 0 Å². The number of unbranched alkanes of at least 4 members (excludes halogenated alkanes) is 1. The van der Waals surface area contributed by atoms with Crippen LogP contribution in [0, 0.1) is 0 Å². The van der Waals surface area contributed by atoms with Gasteiger partial charge in [0.1, 0.15) is 13.2 Å². The van der Waals surface area contributed by atoms with Gasteiger partial charge >= 0.3 is 23.9 Å². The van der Waals surface area contributed by atoms with E-state index in [0.717, 1.165) is 25.7 Å². The van der Waals surface area contributed by atoms with E-state index < -0.39 is 36.1 Å². The Bertz CT molecular complexity index is 568. The zero-order valence-corrected chi connectivity index (χ0v) is 18.9. The topological polar surface area (TPSA) is 124 Å². The van der Waals surface area contributed by atoms with Crippen LogP contribution in [0.5, 0.6) is 0 Å². The van der Waals surface area contributed by atoms with Gasteiger partial charge < -0.3 is 28.4 Å². The quantitative estimate of drug-likeness (QED) is 0.229. The Balaban J connectivity index is 1.50. The first-order valence-corrected chi connectivity index (χ1v) is 11.3. The molecule has 182 valence electrons. The molecule has 0 saturated carbocycles. The summed E-state index contributed by atoms with van der Waals surface area (Å²) < 4.78 is 31.0. The Hall–Kier alpha value is -2.20. The SMILES string of the molecule is CC(OC(=O)CCCCC(=O)OC(C)C(=O)OCC1CCCO1)C(=O)OCC1CCCO1. The van der Waals surface area contributed by atoms with Gasteiger partial charge in [-0.15, -0.1) is 0 Å². The van der Waals surface area contributed by atoms with Crippen molar-refractivity contribution >= 4 is 23.9 Å². The average molecular weight is 459 g/mol. The molecule has 2 saturated heterocycles. The zero-order valence-electron chi connectivity index (χ0n) is 18.9. The number of carbonyl (C=O) groups is 4. The largest absolute Gasteiger partial charge is 0.460 e. The highest BCUT2D eigenvalue weighted by Crippen LogP contribution is 2.14. The highest BCUT2D eigenvalue weighted by atomic mass is 16.6. The first-order valence-electron chi connectivity index (χ1n) is 11.3. The van der Waals surface area contributed by atoms with Gasteiger partial charge in [-0.25, -0.2) is 9.59 Å². The third-order valence-electron chi connectivity index (χ3n) is 5.16. The number of hydrogen-bond donors (Lipinski definition) is 0. The van der Waals surface area contributed by atoms with Gasteiger partial charge in [0.05, 0.1) is 12.2 Å². The lowest BCUT2D eigenvalue weighted by Crippen LogP contribution is -2.29. The molecular weight excluding hydrogens is 424 g/mol. The van der Waals surface area contributed by atoms with Gasteiger partial charge in [0, 0.05) is 26.1 Å². The molecule has 0 spiro atoms. The van der Waals surface area contributed by atoms with Crippen LogP contribution in [0.3, 0.4) is 0 Å². The normalized spacial score (nSPS) is 22.1. The second kappa shape index (κ2) is 14.1. The Morgan fingerprint density at radius 2 is 1.16 bits per heavy atom. The van der Waals surface area contributed by atoms with E-state index in [2.05, 4.69) is 0 Å². The fourth-order valence-corrected chi connectivity index (χ4v) is 3.28. The van der Waals surface area contributed by atoms with E-state index in [1.807, 2.05) is 0 Å². The fraction of sp³-hybridized carbons (Fsp3) is 0.818. The van der Waals surface area contributed by atoms with Crippen molar-refractivity contribution in [1.82, 2.24) is 0 Å². The van der Waals surface area contributed by atoms with E-state index in [-0.39, 0.29) is 38.3 Å². The third kappa shape index (κ3) is 9.95. The molecule has 4 unspecified atom stereocenters. The minimum atomic E-state index is -1.00. The number of esters is 4. The molecule has 10 heteroatoms. The summed E-state index contributed by atoms with van der Waals surface area (Å²) in [5.41, 5.74) is 0. The molecular formula is C22H34O10. The average Bonchev–Trinajstić information content (AvgIpc) is 3.47. The molecule has 0 aromatic heterocycles. The summed E-state index contributed by atoms with van der Waals surface area (Å²) in [5, 5.41) is 0. The van der Waals surface area contributed by atoms with Gasteiger partial charge in [-0.05, 0) is 52.4 Å². The maximum Gasteiger partial charge on any atom is 0.347 e. The molecule has 0 aromatic rings. The van der Waals surface area contributed by atoms with Crippen molar-refractivity contribution in [2.45, 2.75) is 89.6 Å². The second-order valence-corrected chi connectivity index (χ2v) is 8.00. The summed E-state index contributed by atoms with van der Waals surface area (Å²) in [6, 6.07) is 0. The van der Waals surface area contributed by atoms with E-state index in [4.69, 9.17) is 28.4 Å². The van der Waals surface area contributed by atoms with Crippen LogP contribution >= 0.6 is 0 Å². The van der Waals surface area contributed by atoms with Gasteiger partial charge in [0.15, 0.2) is 12.2 Å². The van der Waals surface area contributed by atoms with E-state index in [0.29, 0.717) is 26.1 Å². The molecule has 0 bridgehead atoms. The molecule has 2 rings (SSSR count). The van der Waals surface area contributed by atoms with Crippen molar-refractivity contribution in [2.75, 3.05) is 26.4 Å². The van der Waals surface area contributed by atoms with Crippen LogP contribution in [0.25, 0.3) is 0 Å². The lowest BCUT2D eigenvalue weighted by atomic mass is 10.2. The molecule has 0 aliphatic carbocycles. The monoisotopic (exact) mass is 458 g/mol. The van der Waals surface area contributed by atoms with E-state index in [1.165, 1.54) is 13.8 Å². The van der Waals surface area contributed by atoms with Crippen LogP contribution in [0.2, 0.25) is 0 Å². The smallest absolute Gasteiger partial charge is 0.347 e. The molecule has 0 aromatic carbocycles. The Morgan fingerprint density at radius 1 is 0.750 bits per heavy atom. The van der Waals surface area contributed by atoms with Crippen molar-refractivity contribution in [3.63, 3.8) is 0 Å². The zero-order chi connectivity index (χ0) is 23.3. The van der Waals surface area contributed by atoms with E-state index >= 15 is 0 Å². The molecule has 2 aliphatic rings. The van der Waals surface area contributed by atoms with Crippen molar-refractivity contribution in [3.05, 3.63) is 0 Å². The molecule has 4 atom stereocenters. The summed E-state index contributed by atoms with van der Waals surface area (Å²) in [6.07, 6.45) is 2.25. The predicted molar refractivity (Wildman–Crippen MR) is 109 cm³/mol. The van der Waals surface area contributed by atoms with Crippen LogP contribution in [-0.4, -0.2) is 74.7 Å². The summed E-state index contributed by atoms with van der Waals surface area (Å²) >= 11 is 0. The predicted octanol–water partition coefficient (Wildman–Crippen LogP) is 1.85. The minimum Gasteiger partial charge on any atom is -0.460 e. The number of rotatable bonds is 13. The number of ether oxygens (including phenoxy) is 6. The lowest BCUT2D eigenvalue weighted by molar-refractivity contribution is -0.169. The highest BCUT2D eigenvalue weighted by molar-refractivity contribution is 5.79. The van der Waals surface area contributed by atoms with Gasteiger partial charge in [0.2, 0.25) is 0 Å². The standard InChI is InChI=1S/C22H34O10/c1-15(21(25)29-13-17-7-5-11-27-17)31-19(23)9-3-4-10-20(24)32-16(2)22(26)30-14-18-8-6-12-28-18/h15-18H,3-14H2,1-2H3. The molecule has 0 amide bonds. The molecule has 32 heavy (non-hydrogen) atoms. The maximum atomic E-state index is 11.9. The van der Waals surface area contributed by atoms with Gasteiger partial charge in [-0.1, -0.05) is 0 Å². The van der Waals surface area contributed by atoms with Crippen molar-refractivity contribution < 1.29 is 47.6 Å². The van der Waals surface area contributed by atoms with Crippen molar-refractivity contribution in [3.8, 4) is 0 Å². The van der Waals surface area contributed by atoms with Gasteiger partial charge in [0.25, 0.3) is 0 Å². The van der Waals surface area contributed by atoms with Gasteiger partial charge in [-0.3, -0.25) is 9.59 Å². The van der Waals surface area contributed by atoms with Crippen LogP contribution < -0.4 is 0 Å². The summed E-state index contributed by atoms with van der Waals surface area (Å²) in [6.45, 7) is 4.55. The summed E-state index contributed by atoms with van der Waals surface area (Å²) in [5.74, 6) is -2.33. The fourth-order valence-electron chi connectivity index (χ4n) is 3.28. The third-order valence-corrected chi connectivity index (χ3v) is 5.16. The number of hydrogen-bond acceptors (Lipinski definition) is 10. The number of carbonyl (C=O) groups excluding carboxylic acids is 4.